The van der Waals surface area contributed by atoms with Crippen LogP contribution in [0.15, 0.2) is 29.2 Å². The fourth-order valence-electron chi connectivity index (χ4n) is 1.16. The van der Waals surface area contributed by atoms with Gasteiger partial charge in [-0.2, -0.15) is 13.2 Å². The first-order chi connectivity index (χ1) is 8.40. The molecule has 2 N–H and O–H groups in total. The van der Waals surface area contributed by atoms with Crippen LogP contribution >= 0.6 is 11.8 Å². The Hall–Kier alpha value is -1.37. The Balaban J connectivity index is 2.44. The van der Waals surface area contributed by atoms with E-state index in [-0.39, 0.29) is 0 Å². The number of halogens is 3. The summed E-state index contributed by atoms with van der Waals surface area (Å²) in [6.45, 7) is 0.671. The highest BCUT2D eigenvalue weighted by molar-refractivity contribution is 7.99. The molecule has 0 atom stereocenters. The molecule has 0 aromatic heterocycles. The minimum atomic E-state index is -4.40. The molecule has 0 bridgehead atoms. The zero-order chi connectivity index (χ0) is 13.6. The van der Waals surface area contributed by atoms with Crippen molar-refractivity contribution >= 4 is 23.5 Å². The molecule has 1 aromatic carbocycles. The van der Waals surface area contributed by atoms with Gasteiger partial charge in [-0.1, -0.05) is 6.92 Å². The van der Waals surface area contributed by atoms with Crippen LogP contribution < -0.4 is 10.6 Å². The van der Waals surface area contributed by atoms with E-state index in [1.807, 2.05) is 6.92 Å². The number of hydrogen-bond donors (Lipinski definition) is 2. The SMILES string of the molecule is CCSc1ccc(NC(=O)NCC(F)(F)F)cc1. The number of amides is 2. The van der Waals surface area contributed by atoms with E-state index in [2.05, 4.69) is 5.32 Å². The van der Waals surface area contributed by atoms with E-state index in [0.29, 0.717) is 5.69 Å². The average molecular weight is 278 g/mol. The standard InChI is InChI=1S/C11H13F3N2OS/c1-2-18-9-5-3-8(4-6-9)16-10(17)15-7-11(12,13)14/h3-6H,2,7H2,1H3,(H2,15,16,17). The van der Waals surface area contributed by atoms with Gasteiger partial charge >= 0.3 is 12.2 Å². The Morgan fingerprint density at radius 2 is 1.89 bits per heavy atom. The van der Waals surface area contributed by atoms with Crippen molar-refractivity contribution in [1.29, 1.82) is 0 Å². The maximum absolute atomic E-state index is 11.8. The largest absolute Gasteiger partial charge is 0.405 e. The maximum Gasteiger partial charge on any atom is 0.405 e. The molecule has 2 amide bonds. The highest BCUT2D eigenvalue weighted by Gasteiger charge is 2.27. The van der Waals surface area contributed by atoms with Crippen molar-refractivity contribution in [1.82, 2.24) is 5.32 Å². The van der Waals surface area contributed by atoms with Crippen LogP contribution in [0.2, 0.25) is 0 Å². The molecule has 18 heavy (non-hydrogen) atoms. The smallest absolute Gasteiger partial charge is 0.329 e. The summed E-state index contributed by atoms with van der Waals surface area (Å²) in [7, 11) is 0. The number of nitrogens with one attached hydrogen (secondary N) is 2. The number of anilines is 1. The number of carbonyl (C=O) groups is 1. The number of thioether (sulfide) groups is 1. The van der Waals surface area contributed by atoms with Gasteiger partial charge in [0.1, 0.15) is 6.54 Å². The molecule has 0 aliphatic rings. The van der Waals surface area contributed by atoms with Crippen LogP contribution in [0, 0.1) is 0 Å². The zero-order valence-corrected chi connectivity index (χ0v) is 10.5. The summed E-state index contributed by atoms with van der Waals surface area (Å²) in [5.41, 5.74) is 0.454. The van der Waals surface area contributed by atoms with Crippen LogP contribution in [0.3, 0.4) is 0 Å². The van der Waals surface area contributed by atoms with Gasteiger partial charge in [-0.25, -0.2) is 4.79 Å². The Bertz CT molecular complexity index is 392. The lowest BCUT2D eigenvalue weighted by Gasteiger charge is -2.10. The number of alkyl halides is 3. The van der Waals surface area contributed by atoms with Crippen LogP contribution in [0.4, 0.5) is 23.7 Å². The summed E-state index contributed by atoms with van der Waals surface area (Å²) in [6, 6.07) is 6.01. The van der Waals surface area contributed by atoms with Gasteiger partial charge in [0.2, 0.25) is 0 Å². The van der Waals surface area contributed by atoms with Gasteiger partial charge in [0.05, 0.1) is 0 Å². The van der Waals surface area contributed by atoms with E-state index in [1.165, 1.54) is 0 Å². The monoisotopic (exact) mass is 278 g/mol. The van der Waals surface area contributed by atoms with E-state index in [9.17, 15) is 18.0 Å². The molecule has 0 radical (unpaired) electrons. The second kappa shape index (κ2) is 6.53. The average Bonchev–Trinajstić information content (AvgIpc) is 2.29. The van der Waals surface area contributed by atoms with Crippen molar-refractivity contribution in [2.75, 3.05) is 17.6 Å². The minimum absolute atomic E-state index is 0.454. The van der Waals surface area contributed by atoms with Gasteiger partial charge in [0.25, 0.3) is 0 Å². The van der Waals surface area contributed by atoms with Crippen LogP contribution in [-0.4, -0.2) is 24.5 Å². The van der Waals surface area contributed by atoms with Gasteiger partial charge < -0.3 is 10.6 Å². The molecular weight excluding hydrogens is 265 g/mol. The fraction of sp³-hybridized carbons (Fsp3) is 0.364. The topological polar surface area (TPSA) is 41.1 Å². The van der Waals surface area contributed by atoms with Crippen molar-refractivity contribution in [2.24, 2.45) is 0 Å². The van der Waals surface area contributed by atoms with E-state index in [4.69, 9.17) is 0 Å². The molecule has 0 unspecified atom stereocenters. The van der Waals surface area contributed by atoms with Crippen LogP contribution in [0.1, 0.15) is 6.92 Å². The molecule has 0 aliphatic carbocycles. The van der Waals surface area contributed by atoms with Gasteiger partial charge in [-0.15, -0.1) is 11.8 Å². The molecular formula is C11H13F3N2OS. The van der Waals surface area contributed by atoms with Crippen molar-refractivity contribution in [3.05, 3.63) is 24.3 Å². The molecule has 1 aromatic rings. The van der Waals surface area contributed by atoms with Crippen molar-refractivity contribution in [2.45, 2.75) is 18.0 Å². The number of carbonyl (C=O) groups excluding carboxylic acids is 1. The van der Waals surface area contributed by atoms with Crippen molar-refractivity contribution in [3.8, 4) is 0 Å². The lowest BCUT2D eigenvalue weighted by molar-refractivity contribution is -0.122. The van der Waals surface area contributed by atoms with Gasteiger partial charge in [0.15, 0.2) is 0 Å². The third kappa shape index (κ3) is 5.81. The highest BCUT2D eigenvalue weighted by atomic mass is 32.2. The van der Waals surface area contributed by atoms with E-state index < -0.39 is 18.8 Å². The van der Waals surface area contributed by atoms with Crippen molar-refractivity contribution < 1.29 is 18.0 Å². The summed E-state index contributed by atoms with van der Waals surface area (Å²) >= 11 is 1.64. The number of urea groups is 1. The Labute approximate surface area is 107 Å². The Morgan fingerprint density at radius 3 is 2.39 bits per heavy atom. The Kier molecular flexibility index (Phi) is 5.33. The molecule has 0 saturated carbocycles. The molecule has 3 nitrogen and oxygen atoms in total. The Morgan fingerprint density at radius 1 is 1.28 bits per heavy atom. The molecule has 0 spiro atoms. The third-order valence-electron chi connectivity index (χ3n) is 1.87. The van der Waals surface area contributed by atoms with Gasteiger partial charge in [-0.3, -0.25) is 0 Å². The van der Waals surface area contributed by atoms with Crippen LogP contribution in [0.25, 0.3) is 0 Å². The second-order valence-corrected chi connectivity index (χ2v) is 4.72. The highest BCUT2D eigenvalue weighted by Crippen LogP contribution is 2.19. The molecule has 100 valence electrons. The van der Waals surface area contributed by atoms with Gasteiger partial charge in [0, 0.05) is 10.6 Å². The van der Waals surface area contributed by atoms with Crippen molar-refractivity contribution in [3.63, 3.8) is 0 Å². The molecule has 0 heterocycles. The van der Waals surface area contributed by atoms with E-state index >= 15 is 0 Å². The third-order valence-corrected chi connectivity index (χ3v) is 2.77. The van der Waals surface area contributed by atoms with Gasteiger partial charge in [-0.05, 0) is 30.0 Å². The lowest BCUT2D eigenvalue weighted by atomic mass is 10.3. The molecule has 7 heteroatoms. The predicted molar refractivity (Wildman–Crippen MR) is 65.9 cm³/mol. The summed E-state index contributed by atoms with van der Waals surface area (Å²) in [4.78, 5) is 12.2. The van der Waals surface area contributed by atoms with Crippen LogP contribution in [0.5, 0.6) is 0 Å². The molecule has 0 saturated heterocycles. The quantitative estimate of drug-likeness (QED) is 0.828. The normalized spacial score (nSPS) is 11.1. The molecule has 1 rings (SSSR count). The summed E-state index contributed by atoms with van der Waals surface area (Å²) in [6.07, 6.45) is -4.40. The zero-order valence-electron chi connectivity index (χ0n) is 9.67. The number of hydrogen-bond acceptors (Lipinski definition) is 2. The number of benzene rings is 1. The first kappa shape index (κ1) is 14.7. The number of rotatable bonds is 4. The fourth-order valence-corrected chi connectivity index (χ4v) is 1.82. The second-order valence-electron chi connectivity index (χ2n) is 3.38. The molecule has 0 fully saturated rings. The summed E-state index contributed by atoms with van der Waals surface area (Å²) in [5, 5.41) is 4.06. The molecule has 0 aliphatic heterocycles. The first-order valence-corrected chi connectivity index (χ1v) is 6.24. The van der Waals surface area contributed by atoms with E-state index in [0.717, 1.165) is 10.6 Å². The lowest BCUT2D eigenvalue weighted by Crippen LogP contribution is -2.36. The maximum atomic E-state index is 11.8. The van der Waals surface area contributed by atoms with Crippen LogP contribution in [-0.2, 0) is 0 Å². The minimum Gasteiger partial charge on any atom is -0.329 e. The van der Waals surface area contributed by atoms with E-state index in [1.54, 1.807) is 41.3 Å². The predicted octanol–water partition coefficient (Wildman–Crippen LogP) is 3.48. The summed E-state index contributed by atoms with van der Waals surface area (Å²) in [5.74, 6) is 0.929. The first-order valence-electron chi connectivity index (χ1n) is 5.25. The summed E-state index contributed by atoms with van der Waals surface area (Å²) < 4.78 is 35.5.